The SMILES string of the molecule is COC1CN(C(=O)Nc2cc(Oc3ccc(NC(=O)C4(C(=O)Nc5ccc(F)cc5)CC4)c(F)c3)ccn2)C1. The number of carbonyl (C=O) groups is 3. The highest BCUT2D eigenvalue weighted by Gasteiger charge is 2.56. The van der Waals surface area contributed by atoms with Gasteiger partial charge in [-0.15, -0.1) is 0 Å². The molecule has 202 valence electrons. The third-order valence-corrected chi connectivity index (χ3v) is 6.58. The van der Waals surface area contributed by atoms with Gasteiger partial charge < -0.3 is 25.0 Å². The zero-order chi connectivity index (χ0) is 27.6. The van der Waals surface area contributed by atoms with Crippen LogP contribution in [-0.2, 0) is 14.3 Å². The van der Waals surface area contributed by atoms with Crippen molar-refractivity contribution in [1.29, 1.82) is 0 Å². The molecule has 2 fully saturated rings. The lowest BCUT2D eigenvalue weighted by Crippen LogP contribution is -2.55. The molecule has 5 rings (SSSR count). The number of aromatic nitrogens is 1. The van der Waals surface area contributed by atoms with Gasteiger partial charge in [-0.05, 0) is 55.3 Å². The number of hydrogen-bond acceptors (Lipinski definition) is 6. The van der Waals surface area contributed by atoms with Crippen LogP contribution in [0.25, 0.3) is 0 Å². The van der Waals surface area contributed by atoms with Gasteiger partial charge in [-0.25, -0.2) is 18.6 Å². The second kappa shape index (κ2) is 10.7. The minimum atomic E-state index is -1.33. The average Bonchev–Trinajstić information content (AvgIpc) is 3.69. The van der Waals surface area contributed by atoms with Crippen LogP contribution in [-0.4, -0.2) is 54.0 Å². The van der Waals surface area contributed by atoms with Gasteiger partial charge in [0.05, 0.1) is 24.9 Å². The van der Waals surface area contributed by atoms with Gasteiger partial charge in [0.1, 0.15) is 34.4 Å². The first kappa shape index (κ1) is 26.0. The molecule has 1 aromatic heterocycles. The quantitative estimate of drug-likeness (QED) is 0.367. The number of nitrogens with one attached hydrogen (secondary N) is 3. The number of ether oxygens (including phenoxy) is 2. The van der Waals surface area contributed by atoms with Crippen LogP contribution in [0.2, 0.25) is 0 Å². The van der Waals surface area contributed by atoms with Gasteiger partial charge in [-0.2, -0.15) is 0 Å². The molecule has 0 bridgehead atoms. The third-order valence-electron chi connectivity index (χ3n) is 6.58. The molecule has 3 aromatic rings. The second-order valence-electron chi connectivity index (χ2n) is 9.31. The van der Waals surface area contributed by atoms with Crippen molar-refractivity contribution in [3.63, 3.8) is 0 Å². The van der Waals surface area contributed by atoms with Crippen molar-refractivity contribution in [3.8, 4) is 11.5 Å². The molecule has 0 spiro atoms. The summed E-state index contributed by atoms with van der Waals surface area (Å²) in [4.78, 5) is 43.5. The van der Waals surface area contributed by atoms with Gasteiger partial charge in [0, 0.05) is 31.1 Å². The standard InChI is InChI=1S/C27H25F2N5O5/c1-38-20-14-34(15-20)26(37)33-23-13-19(8-11-30-23)39-18-6-7-22(21(29)12-18)32-25(36)27(9-10-27)24(35)31-17-4-2-16(28)3-5-17/h2-8,11-13,20H,9-10,14-15H2,1H3,(H,31,35)(H,32,36)(H,30,33,37). The van der Waals surface area contributed by atoms with Crippen LogP contribution in [0.3, 0.4) is 0 Å². The Morgan fingerprint density at radius 3 is 2.28 bits per heavy atom. The van der Waals surface area contributed by atoms with Crippen molar-refractivity contribution >= 4 is 35.0 Å². The number of anilines is 3. The van der Waals surface area contributed by atoms with Crippen LogP contribution >= 0.6 is 0 Å². The van der Waals surface area contributed by atoms with E-state index in [1.54, 1.807) is 18.1 Å². The van der Waals surface area contributed by atoms with Crippen molar-refractivity contribution in [2.75, 3.05) is 36.1 Å². The number of hydrogen-bond donors (Lipinski definition) is 3. The maximum absolute atomic E-state index is 14.8. The zero-order valence-corrected chi connectivity index (χ0v) is 20.9. The van der Waals surface area contributed by atoms with E-state index in [0.717, 1.165) is 6.07 Å². The van der Waals surface area contributed by atoms with E-state index < -0.39 is 28.9 Å². The number of methoxy groups -OCH3 is 1. The molecular weight excluding hydrogens is 512 g/mol. The Kier molecular flexibility index (Phi) is 7.11. The van der Waals surface area contributed by atoms with E-state index in [1.165, 1.54) is 48.7 Å². The van der Waals surface area contributed by atoms with E-state index in [1.807, 2.05) is 0 Å². The van der Waals surface area contributed by atoms with Gasteiger partial charge >= 0.3 is 6.03 Å². The number of benzene rings is 2. The molecule has 1 aliphatic carbocycles. The van der Waals surface area contributed by atoms with Crippen molar-refractivity contribution in [2.24, 2.45) is 5.41 Å². The fourth-order valence-electron chi connectivity index (χ4n) is 3.99. The number of nitrogens with zero attached hydrogens (tertiary/aromatic N) is 2. The predicted octanol–water partition coefficient (Wildman–Crippen LogP) is 4.37. The number of halogens is 2. The molecule has 3 N–H and O–H groups in total. The van der Waals surface area contributed by atoms with Crippen molar-refractivity contribution in [1.82, 2.24) is 9.88 Å². The number of urea groups is 1. The average molecular weight is 538 g/mol. The van der Waals surface area contributed by atoms with E-state index in [0.29, 0.717) is 37.4 Å². The molecular formula is C27H25F2N5O5. The summed E-state index contributed by atoms with van der Waals surface area (Å²) >= 11 is 0. The molecule has 0 radical (unpaired) electrons. The molecule has 10 nitrogen and oxygen atoms in total. The van der Waals surface area contributed by atoms with E-state index >= 15 is 0 Å². The Morgan fingerprint density at radius 1 is 0.923 bits per heavy atom. The molecule has 12 heteroatoms. The highest BCUT2D eigenvalue weighted by molar-refractivity contribution is 6.16. The zero-order valence-electron chi connectivity index (χ0n) is 20.9. The number of likely N-dealkylation sites (tertiary alicyclic amines) is 1. The summed E-state index contributed by atoms with van der Waals surface area (Å²) in [5.41, 5.74) is -1.08. The summed E-state index contributed by atoms with van der Waals surface area (Å²) in [7, 11) is 1.59. The topological polar surface area (TPSA) is 122 Å². The Morgan fingerprint density at radius 2 is 1.62 bits per heavy atom. The molecule has 1 saturated carbocycles. The van der Waals surface area contributed by atoms with Gasteiger partial charge in [0.25, 0.3) is 0 Å². The summed E-state index contributed by atoms with van der Waals surface area (Å²) in [6, 6.07) is 11.8. The normalized spacial score (nSPS) is 15.6. The first-order valence-corrected chi connectivity index (χ1v) is 12.2. The smallest absolute Gasteiger partial charge is 0.323 e. The van der Waals surface area contributed by atoms with Crippen LogP contribution in [0, 0.1) is 17.0 Å². The third kappa shape index (κ3) is 5.80. The highest BCUT2D eigenvalue weighted by Crippen LogP contribution is 2.47. The maximum Gasteiger partial charge on any atom is 0.323 e. The van der Waals surface area contributed by atoms with Crippen LogP contribution in [0.15, 0.2) is 60.8 Å². The lowest BCUT2D eigenvalue weighted by Gasteiger charge is -2.37. The molecule has 1 aliphatic heterocycles. The summed E-state index contributed by atoms with van der Waals surface area (Å²) in [5.74, 6) is -1.67. The second-order valence-corrected chi connectivity index (χ2v) is 9.31. The largest absolute Gasteiger partial charge is 0.457 e. The van der Waals surface area contributed by atoms with Crippen LogP contribution in [0.1, 0.15) is 12.8 Å². The van der Waals surface area contributed by atoms with Crippen LogP contribution in [0.4, 0.5) is 30.8 Å². The van der Waals surface area contributed by atoms with Crippen molar-refractivity contribution in [2.45, 2.75) is 18.9 Å². The molecule has 0 atom stereocenters. The lowest BCUT2D eigenvalue weighted by molar-refractivity contribution is -0.131. The fourth-order valence-corrected chi connectivity index (χ4v) is 3.99. The van der Waals surface area contributed by atoms with E-state index in [-0.39, 0.29) is 29.4 Å². The summed E-state index contributed by atoms with van der Waals surface area (Å²) < 4.78 is 38.8. The molecule has 1 saturated heterocycles. The molecule has 39 heavy (non-hydrogen) atoms. The highest BCUT2D eigenvalue weighted by atomic mass is 19.1. The molecule has 0 unspecified atom stereocenters. The van der Waals surface area contributed by atoms with Crippen LogP contribution in [0.5, 0.6) is 11.5 Å². The Labute approximate surface area is 222 Å². The fraction of sp³-hybridized carbons (Fsp3) is 0.259. The van der Waals surface area contributed by atoms with Gasteiger partial charge in [0.15, 0.2) is 0 Å². The summed E-state index contributed by atoms with van der Waals surface area (Å²) in [6.45, 7) is 0.974. The number of carbonyl (C=O) groups excluding carboxylic acids is 3. The minimum Gasteiger partial charge on any atom is -0.457 e. The molecule has 4 amide bonds. The number of pyridine rings is 1. The summed E-state index contributed by atoms with van der Waals surface area (Å²) in [6.07, 6.45) is 2.07. The molecule has 2 heterocycles. The Bertz CT molecular complexity index is 1410. The number of rotatable bonds is 8. The molecule has 2 aliphatic rings. The monoisotopic (exact) mass is 537 g/mol. The Balaban J connectivity index is 1.18. The number of amides is 4. The van der Waals surface area contributed by atoms with Crippen molar-refractivity contribution < 1.29 is 32.6 Å². The maximum atomic E-state index is 14.8. The van der Waals surface area contributed by atoms with E-state index in [4.69, 9.17) is 9.47 Å². The van der Waals surface area contributed by atoms with Crippen LogP contribution < -0.4 is 20.7 Å². The minimum absolute atomic E-state index is 0.0226. The van der Waals surface area contributed by atoms with E-state index in [9.17, 15) is 23.2 Å². The Hall–Kier alpha value is -4.58. The van der Waals surface area contributed by atoms with E-state index in [2.05, 4.69) is 20.9 Å². The van der Waals surface area contributed by atoms with Gasteiger partial charge in [0.2, 0.25) is 11.8 Å². The lowest BCUT2D eigenvalue weighted by atomic mass is 10.0. The predicted molar refractivity (Wildman–Crippen MR) is 137 cm³/mol. The summed E-state index contributed by atoms with van der Waals surface area (Å²) in [5, 5.41) is 7.75. The molecule has 2 aromatic carbocycles. The first-order valence-electron chi connectivity index (χ1n) is 12.2. The van der Waals surface area contributed by atoms with Gasteiger partial charge in [-0.3, -0.25) is 14.9 Å². The van der Waals surface area contributed by atoms with Gasteiger partial charge in [-0.1, -0.05) is 0 Å². The van der Waals surface area contributed by atoms with Crippen molar-refractivity contribution in [3.05, 3.63) is 72.4 Å². The first-order chi connectivity index (χ1) is 18.8.